The Kier molecular flexibility index (Phi) is 7.30. The molecule has 0 bridgehead atoms. The molecule has 0 saturated carbocycles. The molecule has 0 unspecified atom stereocenters. The Morgan fingerprint density at radius 2 is 1.72 bits per heavy atom. The molecule has 0 spiro atoms. The third-order valence-corrected chi connectivity index (χ3v) is 6.35. The van der Waals surface area contributed by atoms with Gasteiger partial charge in [0.15, 0.2) is 11.5 Å². The molecule has 0 fully saturated rings. The third-order valence-electron chi connectivity index (χ3n) is 6.35. The van der Waals surface area contributed by atoms with Gasteiger partial charge in [-0.1, -0.05) is 41.5 Å². The van der Waals surface area contributed by atoms with Crippen molar-refractivity contribution in [3.05, 3.63) is 89.1 Å². The zero-order valence-corrected chi connectivity index (χ0v) is 22.0. The van der Waals surface area contributed by atoms with Crippen LogP contribution in [-0.4, -0.2) is 47.4 Å². The number of allylic oxidation sites excluding steroid dienone is 1. The number of ether oxygens (including phenoxy) is 4. The molecular weight excluding hydrogens is 500 g/mol. The molecule has 1 aliphatic rings. The molecule has 200 valence electrons. The van der Waals surface area contributed by atoms with Crippen molar-refractivity contribution in [2.24, 2.45) is 0 Å². The summed E-state index contributed by atoms with van der Waals surface area (Å²) < 4.78 is 24.0. The van der Waals surface area contributed by atoms with Crippen molar-refractivity contribution in [1.82, 2.24) is 20.2 Å². The lowest BCUT2D eigenvalue weighted by Crippen LogP contribution is -2.31. The van der Waals surface area contributed by atoms with Gasteiger partial charge in [0.1, 0.15) is 24.1 Å². The minimum absolute atomic E-state index is 0.360. The van der Waals surface area contributed by atoms with Crippen LogP contribution in [0.2, 0.25) is 0 Å². The second-order valence-corrected chi connectivity index (χ2v) is 8.72. The van der Waals surface area contributed by atoms with Crippen LogP contribution in [-0.2, 0) is 11.4 Å². The fourth-order valence-electron chi connectivity index (χ4n) is 4.42. The molecule has 2 N–H and O–H groups in total. The Bertz CT molecular complexity index is 1520. The summed E-state index contributed by atoms with van der Waals surface area (Å²) >= 11 is 0. The minimum atomic E-state index is -0.648. The molecule has 39 heavy (non-hydrogen) atoms. The van der Waals surface area contributed by atoms with Crippen molar-refractivity contribution in [2.75, 3.05) is 32.0 Å². The van der Waals surface area contributed by atoms with E-state index >= 15 is 0 Å². The van der Waals surface area contributed by atoms with Crippen LogP contribution >= 0.6 is 0 Å². The standard InChI is InChI=1S/C28H28N6O5/c1-17-25(27(35)30-21-15-20(36-2)11-13-22(21)37-3)26(34-28(29-17)31-32-33-34)19-10-12-23(24(14-19)38-4)39-16-18-8-6-5-7-9-18/h5-15,26H,16H2,1-4H3,(H,30,35)(H,29,31,33)/t26-/m1/s1. The number of hydrogen-bond donors (Lipinski definition) is 2. The Balaban J connectivity index is 1.49. The highest BCUT2D eigenvalue weighted by Crippen LogP contribution is 2.39. The van der Waals surface area contributed by atoms with Crippen LogP contribution in [0.1, 0.15) is 24.1 Å². The summed E-state index contributed by atoms with van der Waals surface area (Å²) in [7, 11) is 4.66. The minimum Gasteiger partial charge on any atom is -0.497 e. The number of tetrazole rings is 1. The summed E-state index contributed by atoms with van der Waals surface area (Å²) in [5.74, 6) is 2.21. The average molecular weight is 529 g/mol. The van der Waals surface area contributed by atoms with E-state index in [0.29, 0.717) is 52.5 Å². The van der Waals surface area contributed by atoms with E-state index in [4.69, 9.17) is 18.9 Å². The van der Waals surface area contributed by atoms with Crippen LogP contribution in [0, 0.1) is 0 Å². The number of carbonyl (C=O) groups is 1. The van der Waals surface area contributed by atoms with E-state index in [1.807, 2.05) is 48.5 Å². The van der Waals surface area contributed by atoms with E-state index in [1.165, 1.54) is 7.11 Å². The first kappa shape index (κ1) is 25.6. The number of amides is 1. The van der Waals surface area contributed by atoms with Crippen LogP contribution in [0.25, 0.3) is 0 Å². The van der Waals surface area contributed by atoms with Crippen LogP contribution in [0.4, 0.5) is 11.6 Å². The molecule has 11 heteroatoms. The second kappa shape index (κ2) is 11.1. The molecule has 0 saturated heterocycles. The summed E-state index contributed by atoms with van der Waals surface area (Å²) in [5.41, 5.74) is 3.25. The molecule has 2 heterocycles. The van der Waals surface area contributed by atoms with Crippen LogP contribution < -0.4 is 29.6 Å². The van der Waals surface area contributed by atoms with Crippen molar-refractivity contribution in [3.8, 4) is 23.0 Å². The topological polar surface area (TPSA) is 122 Å². The van der Waals surface area contributed by atoms with E-state index < -0.39 is 6.04 Å². The maximum atomic E-state index is 13.8. The molecule has 1 amide bonds. The highest BCUT2D eigenvalue weighted by molar-refractivity contribution is 6.06. The second-order valence-electron chi connectivity index (χ2n) is 8.72. The van der Waals surface area contributed by atoms with Gasteiger partial charge < -0.3 is 29.6 Å². The molecule has 1 aliphatic heterocycles. The Morgan fingerprint density at radius 1 is 0.949 bits per heavy atom. The normalized spacial score (nSPS) is 14.2. The predicted octanol–water partition coefficient (Wildman–Crippen LogP) is 4.21. The van der Waals surface area contributed by atoms with E-state index in [2.05, 4.69) is 26.2 Å². The number of aromatic nitrogens is 4. The number of anilines is 2. The van der Waals surface area contributed by atoms with Crippen molar-refractivity contribution >= 4 is 17.5 Å². The van der Waals surface area contributed by atoms with Gasteiger partial charge in [-0.25, -0.2) is 0 Å². The number of nitrogens with one attached hydrogen (secondary N) is 2. The summed E-state index contributed by atoms with van der Waals surface area (Å²) in [6.07, 6.45) is 0. The highest BCUT2D eigenvalue weighted by atomic mass is 16.5. The first-order valence-corrected chi connectivity index (χ1v) is 12.2. The first-order chi connectivity index (χ1) is 19.0. The number of fused-ring (bicyclic) bond motifs is 1. The van der Waals surface area contributed by atoms with Crippen LogP contribution in [0.3, 0.4) is 0 Å². The van der Waals surface area contributed by atoms with Gasteiger partial charge in [0, 0.05) is 11.8 Å². The fraction of sp³-hybridized carbons (Fsp3) is 0.214. The summed E-state index contributed by atoms with van der Waals surface area (Å²) in [4.78, 5) is 13.8. The Labute approximate surface area is 225 Å². The third kappa shape index (κ3) is 5.19. The van der Waals surface area contributed by atoms with E-state index in [0.717, 1.165) is 11.1 Å². The van der Waals surface area contributed by atoms with E-state index in [1.54, 1.807) is 44.0 Å². The quantitative estimate of drug-likeness (QED) is 0.329. The molecule has 0 radical (unpaired) electrons. The fourth-order valence-corrected chi connectivity index (χ4v) is 4.42. The zero-order valence-electron chi connectivity index (χ0n) is 22.0. The van der Waals surface area contributed by atoms with Crippen molar-refractivity contribution in [3.63, 3.8) is 0 Å². The SMILES string of the molecule is COc1ccc(OC)c(NC(=O)C2=C(C)Nc3nnnn3[C@@H]2c2ccc(OCc3ccccc3)c(OC)c2)c1. The monoisotopic (exact) mass is 528 g/mol. The highest BCUT2D eigenvalue weighted by Gasteiger charge is 2.35. The van der Waals surface area contributed by atoms with Gasteiger partial charge in [-0.15, -0.1) is 0 Å². The first-order valence-electron chi connectivity index (χ1n) is 12.2. The zero-order chi connectivity index (χ0) is 27.4. The molecule has 11 nitrogen and oxygen atoms in total. The van der Waals surface area contributed by atoms with Gasteiger partial charge in [-0.2, -0.15) is 4.68 Å². The summed E-state index contributed by atoms with van der Waals surface area (Å²) in [6.45, 7) is 2.19. The van der Waals surface area contributed by atoms with Crippen LogP contribution in [0.15, 0.2) is 78.0 Å². The molecule has 4 aromatic rings. The lowest BCUT2D eigenvalue weighted by Gasteiger charge is -2.28. The lowest BCUT2D eigenvalue weighted by molar-refractivity contribution is -0.113. The van der Waals surface area contributed by atoms with Crippen molar-refractivity contribution < 1.29 is 23.7 Å². The van der Waals surface area contributed by atoms with Gasteiger partial charge >= 0.3 is 0 Å². The number of methoxy groups -OCH3 is 3. The van der Waals surface area contributed by atoms with Gasteiger partial charge in [-0.05, 0) is 52.7 Å². The number of benzene rings is 3. The van der Waals surface area contributed by atoms with E-state index in [-0.39, 0.29) is 5.91 Å². The molecular formula is C28H28N6O5. The van der Waals surface area contributed by atoms with E-state index in [9.17, 15) is 4.79 Å². The molecule has 5 rings (SSSR count). The number of carbonyl (C=O) groups excluding carboxylic acids is 1. The Morgan fingerprint density at radius 3 is 2.46 bits per heavy atom. The molecule has 1 aromatic heterocycles. The number of nitrogens with zero attached hydrogens (tertiary/aromatic N) is 4. The average Bonchev–Trinajstić information content (AvgIpc) is 3.43. The Hall–Kier alpha value is -5.06. The van der Waals surface area contributed by atoms with Crippen molar-refractivity contribution in [2.45, 2.75) is 19.6 Å². The van der Waals surface area contributed by atoms with Gasteiger partial charge in [0.2, 0.25) is 5.95 Å². The van der Waals surface area contributed by atoms with Crippen LogP contribution in [0.5, 0.6) is 23.0 Å². The van der Waals surface area contributed by atoms with Gasteiger partial charge in [0.25, 0.3) is 5.91 Å². The molecule has 0 aliphatic carbocycles. The maximum Gasteiger partial charge on any atom is 0.255 e. The number of rotatable bonds is 9. The smallest absolute Gasteiger partial charge is 0.255 e. The number of hydrogen-bond acceptors (Lipinski definition) is 9. The van der Waals surface area contributed by atoms with Crippen molar-refractivity contribution in [1.29, 1.82) is 0 Å². The maximum absolute atomic E-state index is 13.8. The predicted molar refractivity (Wildman–Crippen MR) is 144 cm³/mol. The molecule has 1 atom stereocenters. The molecule has 3 aromatic carbocycles. The van der Waals surface area contributed by atoms with Gasteiger partial charge in [0.05, 0.1) is 32.6 Å². The summed E-state index contributed by atoms with van der Waals surface area (Å²) in [6, 6.07) is 19.9. The summed E-state index contributed by atoms with van der Waals surface area (Å²) in [5, 5.41) is 18.1. The largest absolute Gasteiger partial charge is 0.497 e. The van der Waals surface area contributed by atoms with Gasteiger partial charge in [-0.3, -0.25) is 4.79 Å². The lowest BCUT2D eigenvalue weighted by atomic mass is 9.94.